The molecule has 2 fully saturated rings. The molecule has 0 radical (unpaired) electrons. The SMILES string of the molecule is COc1cccc([C@@H]2CN(C(=O)C3(c4ccccc4)CC3)C[C@H]2C(=O)O)c1. The molecule has 1 aliphatic carbocycles. The Kier molecular flexibility index (Phi) is 4.38. The largest absolute Gasteiger partial charge is 0.497 e. The van der Waals surface area contributed by atoms with E-state index in [1.165, 1.54) is 0 Å². The number of benzene rings is 2. The van der Waals surface area contributed by atoms with E-state index in [4.69, 9.17) is 4.74 Å². The van der Waals surface area contributed by atoms with Gasteiger partial charge in [0.15, 0.2) is 0 Å². The number of rotatable bonds is 5. The first-order valence-corrected chi connectivity index (χ1v) is 9.27. The molecule has 5 heteroatoms. The van der Waals surface area contributed by atoms with E-state index >= 15 is 0 Å². The topological polar surface area (TPSA) is 66.8 Å². The lowest BCUT2D eigenvalue weighted by molar-refractivity contribution is -0.142. The second-order valence-electron chi connectivity index (χ2n) is 7.49. The number of carbonyl (C=O) groups excluding carboxylic acids is 1. The molecule has 4 rings (SSSR count). The normalized spacial score (nSPS) is 23.1. The zero-order chi connectivity index (χ0) is 19.0. The number of carboxylic acids is 1. The van der Waals surface area contributed by atoms with E-state index in [0.717, 1.165) is 24.0 Å². The van der Waals surface area contributed by atoms with Gasteiger partial charge in [-0.15, -0.1) is 0 Å². The third-order valence-corrected chi connectivity index (χ3v) is 5.93. The molecule has 0 unspecified atom stereocenters. The van der Waals surface area contributed by atoms with Crippen molar-refractivity contribution in [2.24, 2.45) is 5.92 Å². The van der Waals surface area contributed by atoms with Gasteiger partial charge in [-0.25, -0.2) is 0 Å². The molecule has 1 N–H and O–H groups in total. The smallest absolute Gasteiger partial charge is 0.308 e. The molecule has 1 heterocycles. The minimum atomic E-state index is -0.859. The standard InChI is InChI=1S/C22H23NO4/c1-27-17-9-5-6-15(12-17)18-13-23(14-19(18)20(24)25)21(26)22(10-11-22)16-7-3-2-4-8-16/h2-9,12,18-19H,10-11,13-14H2,1H3,(H,24,25)/t18-,19+/m0/s1. The van der Waals surface area contributed by atoms with Crippen LogP contribution in [-0.4, -0.2) is 42.1 Å². The van der Waals surface area contributed by atoms with E-state index in [9.17, 15) is 14.7 Å². The number of ether oxygens (including phenoxy) is 1. The average Bonchev–Trinajstić information content (AvgIpc) is 3.39. The highest BCUT2D eigenvalue weighted by molar-refractivity contribution is 5.92. The summed E-state index contributed by atoms with van der Waals surface area (Å²) in [5, 5.41) is 9.74. The summed E-state index contributed by atoms with van der Waals surface area (Å²) in [5.74, 6) is -0.932. The van der Waals surface area contributed by atoms with Crippen LogP contribution >= 0.6 is 0 Å². The van der Waals surface area contributed by atoms with Gasteiger partial charge in [0, 0.05) is 19.0 Å². The molecule has 1 aliphatic heterocycles. The van der Waals surface area contributed by atoms with Crippen molar-refractivity contribution < 1.29 is 19.4 Å². The highest BCUT2D eigenvalue weighted by Gasteiger charge is 2.55. The summed E-state index contributed by atoms with van der Waals surface area (Å²) >= 11 is 0. The number of hydrogen-bond donors (Lipinski definition) is 1. The van der Waals surface area contributed by atoms with Crippen molar-refractivity contribution in [2.45, 2.75) is 24.2 Å². The van der Waals surface area contributed by atoms with Crippen LogP contribution in [0.5, 0.6) is 5.75 Å². The molecular weight excluding hydrogens is 342 g/mol. The van der Waals surface area contributed by atoms with Crippen LogP contribution in [0.1, 0.15) is 29.9 Å². The number of likely N-dealkylation sites (tertiary alicyclic amines) is 1. The van der Waals surface area contributed by atoms with Crippen molar-refractivity contribution in [3.63, 3.8) is 0 Å². The van der Waals surface area contributed by atoms with Gasteiger partial charge in [-0.1, -0.05) is 42.5 Å². The number of amides is 1. The predicted octanol–water partition coefficient (Wildman–Crippen LogP) is 3.05. The van der Waals surface area contributed by atoms with Crippen LogP contribution in [0.15, 0.2) is 54.6 Å². The van der Waals surface area contributed by atoms with Gasteiger partial charge in [0.25, 0.3) is 0 Å². The second-order valence-corrected chi connectivity index (χ2v) is 7.49. The Morgan fingerprint density at radius 3 is 2.44 bits per heavy atom. The molecule has 0 bridgehead atoms. The van der Waals surface area contributed by atoms with Crippen LogP contribution in [0, 0.1) is 5.92 Å². The summed E-state index contributed by atoms with van der Waals surface area (Å²) in [6.07, 6.45) is 1.65. The van der Waals surface area contributed by atoms with Crippen LogP contribution in [0.3, 0.4) is 0 Å². The van der Waals surface area contributed by atoms with Gasteiger partial charge < -0.3 is 14.7 Å². The maximum Gasteiger partial charge on any atom is 0.308 e. The summed E-state index contributed by atoms with van der Waals surface area (Å²) in [4.78, 5) is 26.9. The zero-order valence-electron chi connectivity index (χ0n) is 15.3. The summed E-state index contributed by atoms with van der Waals surface area (Å²) < 4.78 is 5.28. The first-order chi connectivity index (χ1) is 13.0. The molecule has 1 amide bonds. The van der Waals surface area contributed by atoms with Crippen molar-refractivity contribution in [3.05, 3.63) is 65.7 Å². The number of carbonyl (C=O) groups is 2. The minimum Gasteiger partial charge on any atom is -0.497 e. The van der Waals surface area contributed by atoms with Crippen molar-refractivity contribution >= 4 is 11.9 Å². The van der Waals surface area contributed by atoms with Crippen molar-refractivity contribution in [3.8, 4) is 5.75 Å². The zero-order valence-corrected chi connectivity index (χ0v) is 15.3. The highest BCUT2D eigenvalue weighted by Crippen LogP contribution is 2.50. The van der Waals surface area contributed by atoms with Crippen LogP contribution in [0.2, 0.25) is 0 Å². The third kappa shape index (κ3) is 3.07. The van der Waals surface area contributed by atoms with Gasteiger partial charge in [0.05, 0.1) is 18.4 Å². The summed E-state index contributed by atoms with van der Waals surface area (Å²) in [6.45, 7) is 0.683. The van der Waals surface area contributed by atoms with Crippen LogP contribution < -0.4 is 4.74 Å². The van der Waals surface area contributed by atoms with Gasteiger partial charge in [-0.3, -0.25) is 9.59 Å². The molecule has 0 spiro atoms. The highest BCUT2D eigenvalue weighted by atomic mass is 16.5. The Bertz CT molecular complexity index is 860. The minimum absolute atomic E-state index is 0.0605. The quantitative estimate of drug-likeness (QED) is 0.884. The van der Waals surface area contributed by atoms with Gasteiger partial charge >= 0.3 is 5.97 Å². The fourth-order valence-corrected chi connectivity index (χ4v) is 4.24. The lowest BCUT2D eigenvalue weighted by Gasteiger charge is -2.23. The fraction of sp³-hybridized carbons (Fsp3) is 0.364. The maximum absolute atomic E-state index is 13.3. The van der Waals surface area contributed by atoms with Gasteiger partial charge in [0.2, 0.25) is 5.91 Å². The summed E-state index contributed by atoms with van der Waals surface area (Å²) in [7, 11) is 1.59. The van der Waals surface area contributed by atoms with Crippen molar-refractivity contribution in [2.75, 3.05) is 20.2 Å². The number of aliphatic carboxylic acids is 1. The summed E-state index contributed by atoms with van der Waals surface area (Å²) in [6, 6.07) is 17.3. The number of methoxy groups -OCH3 is 1. The Morgan fingerprint density at radius 1 is 1.07 bits per heavy atom. The number of nitrogens with zero attached hydrogens (tertiary/aromatic N) is 1. The first kappa shape index (κ1) is 17.6. The molecule has 2 aromatic carbocycles. The van der Waals surface area contributed by atoms with Crippen LogP contribution in [0.4, 0.5) is 0 Å². The molecule has 5 nitrogen and oxygen atoms in total. The van der Waals surface area contributed by atoms with Crippen molar-refractivity contribution in [1.82, 2.24) is 4.90 Å². The lowest BCUT2D eigenvalue weighted by atomic mass is 9.89. The number of hydrogen-bond acceptors (Lipinski definition) is 3. The molecule has 2 aromatic rings. The van der Waals surface area contributed by atoms with Gasteiger partial charge in [0.1, 0.15) is 5.75 Å². The van der Waals surface area contributed by atoms with E-state index in [0.29, 0.717) is 12.3 Å². The molecule has 1 saturated carbocycles. The Hall–Kier alpha value is -2.82. The maximum atomic E-state index is 13.3. The monoisotopic (exact) mass is 365 g/mol. The van der Waals surface area contributed by atoms with E-state index in [2.05, 4.69) is 0 Å². The van der Waals surface area contributed by atoms with E-state index < -0.39 is 17.3 Å². The molecule has 2 atom stereocenters. The Balaban J connectivity index is 1.60. The fourth-order valence-electron chi connectivity index (χ4n) is 4.24. The van der Waals surface area contributed by atoms with E-state index in [1.807, 2.05) is 54.6 Å². The second kappa shape index (κ2) is 6.72. The van der Waals surface area contributed by atoms with Gasteiger partial charge in [-0.2, -0.15) is 0 Å². The number of carboxylic acid groups (broad SMARTS) is 1. The van der Waals surface area contributed by atoms with Gasteiger partial charge in [-0.05, 0) is 36.1 Å². The lowest BCUT2D eigenvalue weighted by Crippen LogP contribution is -2.38. The molecule has 0 aromatic heterocycles. The van der Waals surface area contributed by atoms with Crippen molar-refractivity contribution in [1.29, 1.82) is 0 Å². The van der Waals surface area contributed by atoms with Crippen LogP contribution in [-0.2, 0) is 15.0 Å². The molecular formula is C22H23NO4. The molecule has 1 saturated heterocycles. The predicted molar refractivity (Wildman–Crippen MR) is 101 cm³/mol. The van der Waals surface area contributed by atoms with Crippen LogP contribution in [0.25, 0.3) is 0 Å². The Labute approximate surface area is 158 Å². The van der Waals surface area contributed by atoms with E-state index in [1.54, 1.807) is 12.0 Å². The molecule has 140 valence electrons. The summed E-state index contributed by atoms with van der Waals surface area (Å²) in [5.41, 5.74) is 1.47. The average molecular weight is 365 g/mol. The third-order valence-electron chi connectivity index (χ3n) is 5.93. The Morgan fingerprint density at radius 2 is 1.81 bits per heavy atom. The first-order valence-electron chi connectivity index (χ1n) is 9.27. The molecule has 2 aliphatic rings. The van der Waals surface area contributed by atoms with E-state index in [-0.39, 0.29) is 18.4 Å². The molecule has 27 heavy (non-hydrogen) atoms.